The third-order valence-electron chi connectivity index (χ3n) is 4.31. The van der Waals surface area contributed by atoms with Crippen LogP contribution in [0.3, 0.4) is 0 Å². The van der Waals surface area contributed by atoms with Gasteiger partial charge in [-0.3, -0.25) is 5.10 Å². The number of aromatic nitrogens is 2. The number of nitrogens with one attached hydrogen (secondary N) is 3. The number of carbonyl (C=O) groups excluding carboxylic acids is 1. The summed E-state index contributed by atoms with van der Waals surface area (Å²) in [4.78, 5) is 12.2. The minimum absolute atomic E-state index is 0.0577. The number of hydrogen-bond donors (Lipinski definition) is 3. The second kappa shape index (κ2) is 7.23. The first-order valence-corrected chi connectivity index (χ1v) is 8.34. The number of aromatic amines is 1. The lowest BCUT2D eigenvalue weighted by Gasteiger charge is -2.20. The number of carbonyl (C=O) groups is 1. The molecule has 2 amide bonds. The molecule has 2 atom stereocenters. The number of urea groups is 1. The van der Waals surface area contributed by atoms with Crippen LogP contribution in [0, 0.1) is 13.8 Å². The SMILES string of the molecule is Cc1n[nH]c(C)c1CNC(=O)N[C@@H]1CCO[C@H]1c1ccc(Cl)cc1. The molecule has 1 aliphatic heterocycles. The molecule has 24 heavy (non-hydrogen) atoms. The van der Waals surface area contributed by atoms with E-state index in [9.17, 15) is 4.79 Å². The first-order chi connectivity index (χ1) is 11.5. The maximum absolute atomic E-state index is 12.2. The first kappa shape index (κ1) is 16.8. The van der Waals surface area contributed by atoms with Crippen LogP contribution in [0.5, 0.6) is 0 Å². The molecular formula is C17H21ClN4O2. The highest BCUT2D eigenvalue weighted by Crippen LogP contribution is 2.29. The average Bonchev–Trinajstić information content (AvgIpc) is 3.13. The van der Waals surface area contributed by atoms with Gasteiger partial charge < -0.3 is 15.4 Å². The summed E-state index contributed by atoms with van der Waals surface area (Å²) in [6.07, 6.45) is 0.634. The van der Waals surface area contributed by atoms with E-state index in [2.05, 4.69) is 20.8 Å². The van der Waals surface area contributed by atoms with Crippen molar-refractivity contribution in [3.63, 3.8) is 0 Å². The third kappa shape index (κ3) is 3.71. The molecule has 6 nitrogen and oxygen atoms in total. The molecule has 1 aromatic carbocycles. The molecule has 0 saturated carbocycles. The van der Waals surface area contributed by atoms with Crippen molar-refractivity contribution in [2.24, 2.45) is 0 Å². The Kier molecular flexibility index (Phi) is 5.06. The smallest absolute Gasteiger partial charge is 0.315 e. The van der Waals surface area contributed by atoms with Crippen molar-refractivity contribution in [3.8, 4) is 0 Å². The van der Waals surface area contributed by atoms with Crippen LogP contribution in [0.25, 0.3) is 0 Å². The molecular weight excluding hydrogens is 328 g/mol. The summed E-state index contributed by atoms with van der Waals surface area (Å²) in [5.74, 6) is 0. The number of nitrogens with zero attached hydrogens (tertiary/aromatic N) is 1. The third-order valence-corrected chi connectivity index (χ3v) is 4.57. The summed E-state index contributed by atoms with van der Waals surface area (Å²) in [5.41, 5.74) is 3.90. The molecule has 1 aromatic heterocycles. The fraction of sp³-hybridized carbons (Fsp3) is 0.412. The van der Waals surface area contributed by atoms with E-state index < -0.39 is 0 Å². The summed E-state index contributed by atoms with van der Waals surface area (Å²) in [6.45, 7) is 4.92. The Balaban J connectivity index is 1.58. The van der Waals surface area contributed by atoms with E-state index in [1.165, 1.54) is 0 Å². The summed E-state index contributed by atoms with van der Waals surface area (Å²) in [7, 11) is 0. The molecule has 1 saturated heterocycles. The van der Waals surface area contributed by atoms with Gasteiger partial charge in [0.15, 0.2) is 0 Å². The molecule has 3 rings (SSSR count). The molecule has 1 fully saturated rings. The molecule has 128 valence electrons. The van der Waals surface area contributed by atoms with E-state index >= 15 is 0 Å². The van der Waals surface area contributed by atoms with Gasteiger partial charge in [-0.15, -0.1) is 0 Å². The molecule has 0 radical (unpaired) electrons. The van der Waals surface area contributed by atoms with E-state index in [0.717, 1.165) is 28.9 Å². The summed E-state index contributed by atoms with van der Waals surface area (Å²) in [6, 6.07) is 7.27. The molecule has 7 heteroatoms. The van der Waals surface area contributed by atoms with Crippen LogP contribution in [-0.2, 0) is 11.3 Å². The Bertz CT molecular complexity index is 694. The Morgan fingerprint density at radius 3 is 2.79 bits per heavy atom. The fourth-order valence-corrected chi connectivity index (χ4v) is 3.07. The Labute approximate surface area is 145 Å². The average molecular weight is 349 g/mol. The molecule has 3 N–H and O–H groups in total. The lowest BCUT2D eigenvalue weighted by atomic mass is 10.0. The van der Waals surface area contributed by atoms with Crippen molar-refractivity contribution < 1.29 is 9.53 Å². The lowest BCUT2D eigenvalue weighted by Crippen LogP contribution is -2.43. The van der Waals surface area contributed by atoms with Gasteiger partial charge in [0.2, 0.25) is 0 Å². The van der Waals surface area contributed by atoms with Gasteiger partial charge in [-0.05, 0) is 38.0 Å². The van der Waals surface area contributed by atoms with Gasteiger partial charge >= 0.3 is 6.03 Å². The van der Waals surface area contributed by atoms with Gasteiger partial charge in [0.1, 0.15) is 6.10 Å². The van der Waals surface area contributed by atoms with Gasteiger partial charge in [-0.2, -0.15) is 5.10 Å². The second-order valence-electron chi connectivity index (χ2n) is 5.98. The zero-order valence-corrected chi connectivity index (χ0v) is 14.5. The predicted molar refractivity (Wildman–Crippen MR) is 92.0 cm³/mol. The summed E-state index contributed by atoms with van der Waals surface area (Å²) >= 11 is 5.93. The van der Waals surface area contributed by atoms with Crippen LogP contribution in [0.1, 0.15) is 35.0 Å². The number of ether oxygens (including phenoxy) is 1. The van der Waals surface area contributed by atoms with Crippen molar-refractivity contribution in [2.45, 2.75) is 39.0 Å². The number of amides is 2. The van der Waals surface area contributed by atoms with Crippen molar-refractivity contribution in [3.05, 3.63) is 51.8 Å². The van der Waals surface area contributed by atoms with Crippen LogP contribution < -0.4 is 10.6 Å². The number of H-pyrrole nitrogens is 1. The maximum atomic E-state index is 12.2. The maximum Gasteiger partial charge on any atom is 0.315 e. The Morgan fingerprint density at radius 2 is 2.12 bits per heavy atom. The fourth-order valence-electron chi connectivity index (χ4n) is 2.94. The minimum atomic E-state index is -0.204. The van der Waals surface area contributed by atoms with Crippen LogP contribution in [0.4, 0.5) is 4.79 Å². The van der Waals surface area contributed by atoms with Crippen molar-refractivity contribution in [2.75, 3.05) is 6.61 Å². The van der Waals surface area contributed by atoms with Gasteiger partial charge in [0, 0.05) is 29.4 Å². The topological polar surface area (TPSA) is 79.0 Å². The number of rotatable bonds is 4. The highest BCUT2D eigenvalue weighted by molar-refractivity contribution is 6.30. The van der Waals surface area contributed by atoms with E-state index in [1.807, 2.05) is 38.1 Å². The van der Waals surface area contributed by atoms with Gasteiger partial charge in [0.25, 0.3) is 0 Å². The molecule has 0 unspecified atom stereocenters. The first-order valence-electron chi connectivity index (χ1n) is 7.96. The molecule has 2 heterocycles. The zero-order valence-electron chi connectivity index (χ0n) is 13.7. The second-order valence-corrected chi connectivity index (χ2v) is 6.41. The van der Waals surface area contributed by atoms with Crippen molar-refractivity contribution in [1.82, 2.24) is 20.8 Å². The summed E-state index contributed by atoms with van der Waals surface area (Å²) < 4.78 is 5.78. The largest absolute Gasteiger partial charge is 0.371 e. The highest BCUT2D eigenvalue weighted by Gasteiger charge is 2.30. The number of benzene rings is 1. The van der Waals surface area contributed by atoms with E-state index in [0.29, 0.717) is 18.2 Å². The number of halogens is 1. The highest BCUT2D eigenvalue weighted by atomic mass is 35.5. The monoisotopic (exact) mass is 348 g/mol. The van der Waals surface area contributed by atoms with Crippen LogP contribution >= 0.6 is 11.6 Å². The molecule has 2 aromatic rings. The van der Waals surface area contributed by atoms with Crippen LogP contribution in [-0.4, -0.2) is 28.9 Å². The van der Waals surface area contributed by atoms with Crippen LogP contribution in [0.15, 0.2) is 24.3 Å². The number of hydrogen-bond acceptors (Lipinski definition) is 3. The normalized spacial score (nSPS) is 20.1. The van der Waals surface area contributed by atoms with E-state index in [4.69, 9.17) is 16.3 Å². The van der Waals surface area contributed by atoms with Crippen molar-refractivity contribution in [1.29, 1.82) is 0 Å². The lowest BCUT2D eigenvalue weighted by molar-refractivity contribution is 0.0999. The van der Waals surface area contributed by atoms with Crippen LogP contribution in [0.2, 0.25) is 5.02 Å². The molecule has 0 bridgehead atoms. The van der Waals surface area contributed by atoms with E-state index in [1.54, 1.807) is 0 Å². The van der Waals surface area contributed by atoms with E-state index in [-0.39, 0.29) is 18.2 Å². The van der Waals surface area contributed by atoms with Gasteiger partial charge in [-0.1, -0.05) is 23.7 Å². The minimum Gasteiger partial charge on any atom is -0.371 e. The number of aryl methyl sites for hydroxylation is 2. The summed E-state index contributed by atoms with van der Waals surface area (Å²) in [5, 5.41) is 13.6. The Morgan fingerprint density at radius 1 is 1.38 bits per heavy atom. The molecule has 0 spiro atoms. The predicted octanol–water partition coefficient (Wildman–Crippen LogP) is 3.01. The molecule has 1 aliphatic rings. The quantitative estimate of drug-likeness (QED) is 0.794. The van der Waals surface area contributed by atoms with Gasteiger partial charge in [-0.25, -0.2) is 4.79 Å². The van der Waals surface area contributed by atoms with Crippen molar-refractivity contribution >= 4 is 17.6 Å². The Hall–Kier alpha value is -2.05. The zero-order chi connectivity index (χ0) is 17.1. The van der Waals surface area contributed by atoms with Gasteiger partial charge in [0.05, 0.1) is 11.7 Å². The molecule has 0 aliphatic carbocycles. The standard InChI is InChI=1S/C17H21ClN4O2/c1-10-14(11(2)22-21-10)9-19-17(23)20-15-7-8-24-16(15)12-3-5-13(18)6-4-12/h3-6,15-16H,7-9H2,1-2H3,(H,21,22)(H2,19,20,23)/t15-,16+/m1/s1.